The van der Waals surface area contributed by atoms with Gasteiger partial charge in [0.25, 0.3) is 0 Å². The molecule has 1 N–H and O–H groups in total. The van der Waals surface area contributed by atoms with Gasteiger partial charge in [-0.15, -0.1) is 0 Å². The summed E-state index contributed by atoms with van der Waals surface area (Å²) >= 11 is 0. The Kier molecular flexibility index (Phi) is 2.59. The Morgan fingerprint density at radius 1 is 1.29 bits per heavy atom. The second kappa shape index (κ2) is 4.11. The summed E-state index contributed by atoms with van der Waals surface area (Å²) in [5, 5.41) is 7.90. The third kappa shape index (κ3) is 1.82. The van der Waals surface area contributed by atoms with Crippen molar-refractivity contribution in [1.29, 1.82) is 0 Å². The molecular formula is C13H18N4. The van der Waals surface area contributed by atoms with Crippen LogP contribution in [0.2, 0.25) is 0 Å². The first-order valence-electron chi connectivity index (χ1n) is 6.28. The lowest BCUT2D eigenvalue weighted by Crippen LogP contribution is -2.26. The molecule has 0 atom stereocenters. The second-order valence-electron chi connectivity index (χ2n) is 4.89. The van der Waals surface area contributed by atoms with Crippen LogP contribution in [0, 0.1) is 13.8 Å². The summed E-state index contributed by atoms with van der Waals surface area (Å²) in [5.74, 6) is 0.637. The molecule has 1 aliphatic rings. The average Bonchev–Trinajstić information content (AvgIpc) is 2.66. The van der Waals surface area contributed by atoms with Crippen molar-refractivity contribution < 1.29 is 0 Å². The monoisotopic (exact) mass is 230 g/mol. The van der Waals surface area contributed by atoms with Crippen LogP contribution >= 0.6 is 0 Å². The van der Waals surface area contributed by atoms with E-state index < -0.39 is 0 Å². The number of hydrogen-bond acceptors (Lipinski definition) is 3. The molecule has 4 heteroatoms. The quantitative estimate of drug-likeness (QED) is 0.812. The highest BCUT2D eigenvalue weighted by Crippen LogP contribution is 2.25. The van der Waals surface area contributed by atoms with E-state index in [2.05, 4.69) is 28.5 Å². The van der Waals surface area contributed by atoms with E-state index in [1.807, 2.05) is 17.6 Å². The zero-order valence-corrected chi connectivity index (χ0v) is 10.4. The maximum Gasteiger partial charge on any atom is 0.158 e. The fourth-order valence-corrected chi connectivity index (χ4v) is 2.54. The number of aryl methyl sites for hydroxylation is 2. The number of nitrogens with one attached hydrogen (secondary N) is 1. The molecular weight excluding hydrogens is 212 g/mol. The Hall–Kier alpha value is -1.42. The molecule has 4 nitrogen and oxygen atoms in total. The first kappa shape index (κ1) is 10.7. The Morgan fingerprint density at radius 3 is 2.82 bits per heavy atom. The highest BCUT2D eigenvalue weighted by atomic mass is 15.2. The summed E-state index contributed by atoms with van der Waals surface area (Å²) in [6, 6.07) is 0. The lowest BCUT2D eigenvalue weighted by molar-refractivity contribution is 0.458. The van der Waals surface area contributed by atoms with E-state index in [0.717, 1.165) is 24.4 Å². The standard InChI is InChI=1S/C13H18N4/c1-9-10(2)16-17-8-12(7-15-13(9)17)11-3-5-14-6-4-11/h7-8,11,14H,3-6H2,1-2H3. The lowest BCUT2D eigenvalue weighted by Gasteiger charge is -2.22. The SMILES string of the molecule is Cc1nn2cc(C3CCNCC3)cnc2c1C. The topological polar surface area (TPSA) is 42.2 Å². The number of nitrogens with zero attached hydrogens (tertiary/aromatic N) is 3. The molecule has 3 rings (SSSR count). The van der Waals surface area contributed by atoms with Gasteiger partial charge < -0.3 is 5.32 Å². The lowest BCUT2D eigenvalue weighted by atomic mass is 9.92. The fraction of sp³-hybridized carbons (Fsp3) is 0.538. The summed E-state index contributed by atoms with van der Waals surface area (Å²) < 4.78 is 1.93. The highest BCUT2D eigenvalue weighted by molar-refractivity contribution is 5.48. The Balaban J connectivity index is 2.01. The average molecular weight is 230 g/mol. The number of aromatic nitrogens is 3. The molecule has 2 aromatic rings. The third-order valence-corrected chi connectivity index (χ3v) is 3.77. The summed E-state index contributed by atoms with van der Waals surface area (Å²) in [6.07, 6.45) is 6.58. The third-order valence-electron chi connectivity index (χ3n) is 3.77. The Morgan fingerprint density at radius 2 is 2.06 bits per heavy atom. The van der Waals surface area contributed by atoms with Crippen LogP contribution in [0.5, 0.6) is 0 Å². The smallest absolute Gasteiger partial charge is 0.158 e. The number of rotatable bonds is 1. The minimum absolute atomic E-state index is 0.637. The van der Waals surface area contributed by atoms with Gasteiger partial charge in [-0.25, -0.2) is 9.50 Å². The van der Waals surface area contributed by atoms with Crippen molar-refractivity contribution in [2.24, 2.45) is 0 Å². The Bertz CT molecular complexity index is 538. The molecule has 0 saturated carbocycles. The molecule has 0 bridgehead atoms. The molecule has 1 fully saturated rings. The molecule has 1 aliphatic heterocycles. The first-order valence-corrected chi connectivity index (χ1v) is 6.28. The molecule has 1 saturated heterocycles. The fourth-order valence-electron chi connectivity index (χ4n) is 2.54. The minimum atomic E-state index is 0.637. The minimum Gasteiger partial charge on any atom is -0.317 e. The highest BCUT2D eigenvalue weighted by Gasteiger charge is 2.16. The van der Waals surface area contributed by atoms with Gasteiger partial charge in [0.05, 0.1) is 5.69 Å². The van der Waals surface area contributed by atoms with E-state index in [0.29, 0.717) is 5.92 Å². The maximum absolute atomic E-state index is 4.56. The summed E-state index contributed by atoms with van der Waals surface area (Å²) in [7, 11) is 0. The van der Waals surface area contributed by atoms with Crippen LogP contribution in [0.1, 0.15) is 35.6 Å². The van der Waals surface area contributed by atoms with Crippen molar-refractivity contribution in [2.45, 2.75) is 32.6 Å². The molecule has 3 heterocycles. The number of piperidine rings is 1. The molecule has 2 aromatic heterocycles. The van der Waals surface area contributed by atoms with E-state index >= 15 is 0 Å². The van der Waals surface area contributed by atoms with E-state index in [-0.39, 0.29) is 0 Å². The first-order chi connectivity index (χ1) is 8.25. The van der Waals surface area contributed by atoms with Gasteiger partial charge in [0.1, 0.15) is 0 Å². The van der Waals surface area contributed by atoms with Gasteiger partial charge in [0.15, 0.2) is 5.65 Å². The molecule has 0 aliphatic carbocycles. The summed E-state index contributed by atoms with van der Waals surface area (Å²) in [4.78, 5) is 4.56. The van der Waals surface area contributed by atoms with Crippen molar-refractivity contribution in [3.63, 3.8) is 0 Å². The second-order valence-corrected chi connectivity index (χ2v) is 4.89. The molecule has 0 amide bonds. The van der Waals surface area contributed by atoms with Crippen LogP contribution in [0.25, 0.3) is 5.65 Å². The van der Waals surface area contributed by atoms with Gasteiger partial charge in [-0.2, -0.15) is 5.10 Å². The molecule has 0 unspecified atom stereocenters. The molecule has 17 heavy (non-hydrogen) atoms. The van der Waals surface area contributed by atoms with Crippen molar-refractivity contribution in [2.75, 3.05) is 13.1 Å². The molecule has 0 aromatic carbocycles. The van der Waals surface area contributed by atoms with Crippen LogP contribution in [0.3, 0.4) is 0 Å². The van der Waals surface area contributed by atoms with Crippen LogP contribution < -0.4 is 5.32 Å². The van der Waals surface area contributed by atoms with Gasteiger partial charge in [-0.1, -0.05) is 0 Å². The van der Waals surface area contributed by atoms with Gasteiger partial charge in [0.2, 0.25) is 0 Å². The normalized spacial score (nSPS) is 17.8. The van der Waals surface area contributed by atoms with Gasteiger partial charge in [-0.3, -0.25) is 0 Å². The zero-order chi connectivity index (χ0) is 11.8. The van der Waals surface area contributed by atoms with Crippen LogP contribution in [0.4, 0.5) is 0 Å². The van der Waals surface area contributed by atoms with Crippen molar-refractivity contribution in [3.8, 4) is 0 Å². The maximum atomic E-state index is 4.56. The van der Waals surface area contributed by atoms with E-state index in [4.69, 9.17) is 0 Å². The van der Waals surface area contributed by atoms with Crippen molar-refractivity contribution in [1.82, 2.24) is 19.9 Å². The van der Waals surface area contributed by atoms with Crippen molar-refractivity contribution >= 4 is 5.65 Å². The van der Waals surface area contributed by atoms with Crippen LogP contribution in [-0.2, 0) is 0 Å². The molecule has 0 radical (unpaired) electrons. The zero-order valence-electron chi connectivity index (χ0n) is 10.4. The van der Waals surface area contributed by atoms with Crippen molar-refractivity contribution in [3.05, 3.63) is 29.2 Å². The summed E-state index contributed by atoms with van der Waals surface area (Å²) in [5.41, 5.74) is 4.56. The molecule has 90 valence electrons. The summed E-state index contributed by atoms with van der Waals surface area (Å²) in [6.45, 7) is 6.34. The van der Waals surface area contributed by atoms with Gasteiger partial charge in [0, 0.05) is 18.0 Å². The van der Waals surface area contributed by atoms with Gasteiger partial charge >= 0.3 is 0 Å². The van der Waals surface area contributed by atoms with Crippen LogP contribution in [0.15, 0.2) is 12.4 Å². The van der Waals surface area contributed by atoms with E-state index in [1.165, 1.54) is 24.0 Å². The number of hydrogen-bond donors (Lipinski definition) is 1. The molecule has 0 spiro atoms. The van der Waals surface area contributed by atoms with E-state index in [1.54, 1.807) is 0 Å². The largest absolute Gasteiger partial charge is 0.317 e. The predicted molar refractivity (Wildman–Crippen MR) is 67.3 cm³/mol. The van der Waals surface area contributed by atoms with E-state index in [9.17, 15) is 0 Å². The number of fused-ring (bicyclic) bond motifs is 1. The van der Waals surface area contributed by atoms with Crippen LogP contribution in [-0.4, -0.2) is 27.7 Å². The van der Waals surface area contributed by atoms with Gasteiger partial charge in [-0.05, 0) is 51.3 Å². The predicted octanol–water partition coefficient (Wildman–Crippen LogP) is 1.81. The Labute approximate surface area is 101 Å².